The molecular weight excluding hydrogens is 378 g/mol. The van der Waals surface area contributed by atoms with E-state index in [0.717, 1.165) is 29.0 Å². The summed E-state index contributed by atoms with van der Waals surface area (Å²) >= 11 is 5.90. The molecule has 0 saturated heterocycles. The Labute approximate surface area is 169 Å². The smallest absolute Gasteiger partial charge is 0.244 e. The number of rotatable bonds is 9. The number of ether oxygens (including phenoxy) is 2. The number of aromatic nitrogens is 3. The summed E-state index contributed by atoms with van der Waals surface area (Å²) < 4.78 is 10.6. The zero-order chi connectivity index (χ0) is 19.8. The fraction of sp³-hybridized carbons (Fsp3) is 0.250. The van der Waals surface area contributed by atoms with Gasteiger partial charge < -0.3 is 20.1 Å². The van der Waals surface area contributed by atoms with Crippen LogP contribution in [0.25, 0.3) is 0 Å². The van der Waals surface area contributed by atoms with Gasteiger partial charge in [0.25, 0.3) is 0 Å². The van der Waals surface area contributed by atoms with Crippen LogP contribution in [-0.4, -0.2) is 35.9 Å². The molecule has 8 heteroatoms. The number of methoxy groups -OCH3 is 2. The van der Waals surface area contributed by atoms with Crippen LogP contribution in [0.4, 0.5) is 11.8 Å². The summed E-state index contributed by atoms with van der Waals surface area (Å²) in [7, 11) is 3.25. The van der Waals surface area contributed by atoms with Gasteiger partial charge in [0.2, 0.25) is 5.95 Å². The maximum atomic E-state index is 5.90. The molecule has 7 nitrogen and oxygen atoms in total. The third-order valence-electron chi connectivity index (χ3n) is 4.09. The average molecular weight is 400 g/mol. The molecule has 2 aromatic carbocycles. The Balaban J connectivity index is 1.52. The molecule has 0 aliphatic heterocycles. The zero-order valence-corrected chi connectivity index (χ0v) is 16.5. The highest BCUT2D eigenvalue weighted by atomic mass is 35.5. The van der Waals surface area contributed by atoms with E-state index in [-0.39, 0.29) is 0 Å². The summed E-state index contributed by atoms with van der Waals surface area (Å²) in [4.78, 5) is 4.43. The number of benzene rings is 2. The van der Waals surface area contributed by atoms with E-state index in [1.54, 1.807) is 20.4 Å². The summed E-state index contributed by atoms with van der Waals surface area (Å²) in [5.41, 5.74) is 2.22. The van der Waals surface area contributed by atoms with Gasteiger partial charge >= 0.3 is 0 Å². The molecule has 0 fully saturated rings. The monoisotopic (exact) mass is 399 g/mol. The molecule has 0 amide bonds. The minimum Gasteiger partial charge on any atom is -0.493 e. The van der Waals surface area contributed by atoms with Crippen LogP contribution < -0.4 is 20.1 Å². The normalized spacial score (nSPS) is 10.4. The first kappa shape index (κ1) is 19.7. The van der Waals surface area contributed by atoms with Gasteiger partial charge in [0.05, 0.1) is 20.4 Å². The van der Waals surface area contributed by atoms with Crippen LogP contribution in [0, 0.1) is 0 Å². The van der Waals surface area contributed by atoms with Crippen LogP contribution in [-0.2, 0) is 13.0 Å². The molecule has 1 aromatic heterocycles. The summed E-state index contributed by atoms with van der Waals surface area (Å²) in [6, 6.07) is 13.5. The fourth-order valence-electron chi connectivity index (χ4n) is 2.62. The standard InChI is InChI=1S/C20H22ClN5O2/c1-27-17-8-5-14(11-18(17)28-2)9-10-22-19-13-24-26-20(25-19)23-12-15-3-6-16(21)7-4-15/h3-8,11,13H,9-10,12H2,1-2H3,(H2,22,23,25,26). The third kappa shape index (κ3) is 5.47. The number of nitrogens with zero attached hydrogens (tertiary/aromatic N) is 3. The first-order chi connectivity index (χ1) is 13.7. The lowest BCUT2D eigenvalue weighted by atomic mass is 10.1. The van der Waals surface area contributed by atoms with Gasteiger partial charge in [-0.3, -0.25) is 0 Å². The van der Waals surface area contributed by atoms with Crippen LogP contribution in [0.1, 0.15) is 11.1 Å². The second kappa shape index (κ2) is 9.75. The van der Waals surface area contributed by atoms with Gasteiger partial charge in [0, 0.05) is 18.1 Å². The van der Waals surface area contributed by atoms with Crippen molar-refractivity contribution in [1.29, 1.82) is 0 Å². The summed E-state index contributed by atoms with van der Waals surface area (Å²) in [6.07, 6.45) is 2.40. The highest BCUT2D eigenvalue weighted by Crippen LogP contribution is 2.27. The van der Waals surface area contributed by atoms with E-state index in [4.69, 9.17) is 21.1 Å². The van der Waals surface area contributed by atoms with Crippen molar-refractivity contribution >= 4 is 23.4 Å². The highest BCUT2D eigenvalue weighted by Gasteiger charge is 2.05. The molecule has 28 heavy (non-hydrogen) atoms. The Morgan fingerprint density at radius 2 is 1.68 bits per heavy atom. The molecule has 146 valence electrons. The molecule has 0 radical (unpaired) electrons. The van der Waals surface area contributed by atoms with Crippen LogP contribution in [0.15, 0.2) is 48.7 Å². The van der Waals surface area contributed by atoms with E-state index in [0.29, 0.717) is 29.9 Å². The van der Waals surface area contributed by atoms with Gasteiger partial charge in [0.15, 0.2) is 17.3 Å². The second-order valence-corrected chi connectivity index (χ2v) is 6.45. The Kier molecular flexibility index (Phi) is 6.86. The van der Waals surface area contributed by atoms with Crippen molar-refractivity contribution in [1.82, 2.24) is 15.2 Å². The number of anilines is 2. The molecule has 3 aromatic rings. The van der Waals surface area contributed by atoms with Crippen molar-refractivity contribution in [2.24, 2.45) is 0 Å². The number of halogens is 1. The molecule has 2 N–H and O–H groups in total. The molecule has 0 aliphatic rings. The first-order valence-corrected chi connectivity index (χ1v) is 9.18. The van der Waals surface area contributed by atoms with Gasteiger partial charge in [-0.25, -0.2) is 0 Å². The van der Waals surface area contributed by atoms with Crippen LogP contribution in [0.2, 0.25) is 5.02 Å². The number of hydrogen-bond donors (Lipinski definition) is 2. The molecule has 0 bridgehead atoms. The fourth-order valence-corrected chi connectivity index (χ4v) is 2.74. The zero-order valence-electron chi connectivity index (χ0n) is 15.8. The van der Waals surface area contributed by atoms with Gasteiger partial charge in [0.1, 0.15) is 0 Å². The van der Waals surface area contributed by atoms with E-state index in [1.165, 1.54) is 0 Å². The molecule has 3 rings (SSSR count). The van der Waals surface area contributed by atoms with E-state index in [9.17, 15) is 0 Å². The SMILES string of the molecule is COc1ccc(CCNc2cnnc(NCc3ccc(Cl)cc3)n2)cc1OC. The Bertz CT molecular complexity index is 905. The average Bonchev–Trinajstić information content (AvgIpc) is 2.73. The predicted octanol–water partition coefficient (Wildman–Crippen LogP) is 3.81. The maximum Gasteiger partial charge on any atom is 0.244 e. The van der Waals surface area contributed by atoms with E-state index >= 15 is 0 Å². The molecule has 0 spiro atoms. The molecule has 0 aliphatic carbocycles. The minimum absolute atomic E-state index is 0.464. The predicted molar refractivity (Wildman–Crippen MR) is 110 cm³/mol. The van der Waals surface area contributed by atoms with E-state index in [1.807, 2.05) is 42.5 Å². The topological polar surface area (TPSA) is 81.2 Å². The number of nitrogens with one attached hydrogen (secondary N) is 2. The van der Waals surface area contributed by atoms with Gasteiger partial charge in [-0.15, -0.1) is 5.10 Å². The highest BCUT2D eigenvalue weighted by molar-refractivity contribution is 6.30. The van der Waals surface area contributed by atoms with Gasteiger partial charge in [-0.2, -0.15) is 10.1 Å². The second-order valence-electron chi connectivity index (χ2n) is 6.01. The summed E-state index contributed by atoms with van der Waals surface area (Å²) in [5, 5.41) is 15.1. The quantitative estimate of drug-likeness (QED) is 0.566. The lowest BCUT2D eigenvalue weighted by Gasteiger charge is -2.10. The van der Waals surface area contributed by atoms with Crippen LogP contribution in [0.3, 0.4) is 0 Å². The van der Waals surface area contributed by atoms with Gasteiger partial charge in [-0.1, -0.05) is 29.8 Å². The van der Waals surface area contributed by atoms with Gasteiger partial charge in [-0.05, 0) is 41.8 Å². The molecule has 0 atom stereocenters. The van der Waals surface area contributed by atoms with E-state index in [2.05, 4.69) is 25.8 Å². The van der Waals surface area contributed by atoms with E-state index < -0.39 is 0 Å². The van der Waals surface area contributed by atoms with Crippen molar-refractivity contribution in [3.8, 4) is 11.5 Å². The summed E-state index contributed by atoms with van der Waals surface area (Å²) in [6.45, 7) is 1.29. The maximum absolute atomic E-state index is 5.90. The van der Waals surface area contributed by atoms with Crippen molar-refractivity contribution in [3.05, 3.63) is 64.8 Å². The van der Waals surface area contributed by atoms with Crippen molar-refractivity contribution in [2.45, 2.75) is 13.0 Å². The van der Waals surface area contributed by atoms with Crippen molar-refractivity contribution < 1.29 is 9.47 Å². The Morgan fingerprint density at radius 3 is 2.43 bits per heavy atom. The minimum atomic E-state index is 0.464. The molecule has 1 heterocycles. The third-order valence-corrected chi connectivity index (χ3v) is 4.34. The van der Waals surface area contributed by atoms with Crippen molar-refractivity contribution in [2.75, 3.05) is 31.4 Å². The van der Waals surface area contributed by atoms with Crippen LogP contribution >= 0.6 is 11.6 Å². The largest absolute Gasteiger partial charge is 0.493 e. The Hall–Kier alpha value is -3.06. The molecular formula is C20H22ClN5O2. The lowest BCUT2D eigenvalue weighted by molar-refractivity contribution is 0.354. The number of hydrogen-bond acceptors (Lipinski definition) is 7. The van der Waals surface area contributed by atoms with Crippen molar-refractivity contribution in [3.63, 3.8) is 0 Å². The molecule has 0 saturated carbocycles. The summed E-state index contributed by atoms with van der Waals surface area (Å²) in [5.74, 6) is 2.56. The first-order valence-electron chi connectivity index (χ1n) is 8.81. The molecule has 0 unspecified atom stereocenters. The Morgan fingerprint density at radius 1 is 0.929 bits per heavy atom. The lowest BCUT2D eigenvalue weighted by Crippen LogP contribution is -2.10. The van der Waals surface area contributed by atoms with Crippen LogP contribution in [0.5, 0.6) is 11.5 Å².